The van der Waals surface area contributed by atoms with Crippen LogP contribution in [0.2, 0.25) is 0 Å². The van der Waals surface area contributed by atoms with Gasteiger partial charge in [-0.25, -0.2) is 4.98 Å². The van der Waals surface area contributed by atoms with Gasteiger partial charge in [0.15, 0.2) is 0 Å². The van der Waals surface area contributed by atoms with Crippen molar-refractivity contribution in [1.29, 1.82) is 0 Å². The normalized spacial score (nSPS) is 18.2. The molecule has 0 amide bonds. The Morgan fingerprint density at radius 2 is 2.12 bits per heavy atom. The van der Waals surface area contributed by atoms with Crippen molar-refractivity contribution in [3.63, 3.8) is 0 Å². The fourth-order valence-electron chi connectivity index (χ4n) is 2.12. The summed E-state index contributed by atoms with van der Waals surface area (Å²) in [5, 5.41) is 0.781. The summed E-state index contributed by atoms with van der Waals surface area (Å²) in [6.45, 7) is 0. The van der Waals surface area contributed by atoms with E-state index in [0.717, 1.165) is 16.7 Å². The van der Waals surface area contributed by atoms with E-state index in [1.54, 1.807) is 19.5 Å². The second-order valence-corrected chi connectivity index (χ2v) is 5.63. The maximum Gasteiger partial charge on any atom is 0.237 e. The molecule has 1 aromatic heterocycles. The maximum absolute atomic E-state index is 6.15. The number of ether oxygens (including phenoxy) is 1. The van der Waals surface area contributed by atoms with Gasteiger partial charge in [-0.3, -0.25) is 4.98 Å². The third-order valence-corrected chi connectivity index (χ3v) is 4.54. The Balaban J connectivity index is 1.91. The fraction of sp³-hybridized carbons (Fsp3) is 0.667. The lowest BCUT2D eigenvalue weighted by molar-refractivity contribution is 0.386. The molecule has 0 spiro atoms. The van der Waals surface area contributed by atoms with Crippen LogP contribution in [0, 0.1) is 0 Å². The zero-order chi connectivity index (χ0) is 12.1. The number of methoxy groups -OCH3 is 1. The first-order valence-corrected chi connectivity index (χ1v) is 7.08. The van der Waals surface area contributed by atoms with Gasteiger partial charge in [-0.2, -0.15) is 11.8 Å². The Morgan fingerprint density at radius 1 is 1.41 bits per heavy atom. The molecule has 2 rings (SSSR count). The van der Waals surface area contributed by atoms with E-state index in [1.807, 2.05) is 11.8 Å². The molecule has 0 aliphatic heterocycles. The van der Waals surface area contributed by atoms with Crippen molar-refractivity contribution in [2.45, 2.75) is 37.0 Å². The molecule has 1 aliphatic rings. The summed E-state index contributed by atoms with van der Waals surface area (Å²) in [5.41, 5.74) is 6.91. The Labute approximate surface area is 106 Å². The molecular weight excluding hydrogens is 234 g/mol. The van der Waals surface area contributed by atoms with Crippen LogP contribution in [-0.2, 0) is 0 Å². The van der Waals surface area contributed by atoms with E-state index in [4.69, 9.17) is 10.5 Å². The molecule has 94 valence electrons. The van der Waals surface area contributed by atoms with Gasteiger partial charge in [0, 0.05) is 23.4 Å². The van der Waals surface area contributed by atoms with E-state index in [1.165, 1.54) is 25.7 Å². The van der Waals surface area contributed by atoms with E-state index in [2.05, 4.69) is 9.97 Å². The molecule has 0 bridgehead atoms. The van der Waals surface area contributed by atoms with Crippen molar-refractivity contribution >= 4 is 11.8 Å². The highest BCUT2D eigenvalue weighted by atomic mass is 32.2. The van der Waals surface area contributed by atoms with Crippen molar-refractivity contribution < 1.29 is 4.74 Å². The van der Waals surface area contributed by atoms with Crippen molar-refractivity contribution in [2.75, 3.05) is 12.9 Å². The first-order valence-electron chi connectivity index (χ1n) is 6.03. The van der Waals surface area contributed by atoms with Gasteiger partial charge in [-0.15, -0.1) is 0 Å². The minimum atomic E-state index is -0.0933. The van der Waals surface area contributed by atoms with Crippen molar-refractivity contribution in [3.05, 3.63) is 18.1 Å². The molecule has 0 radical (unpaired) electrons. The van der Waals surface area contributed by atoms with E-state index in [-0.39, 0.29) is 6.04 Å². The summed E-state index contributed by atoms with van der Waals surface area (Å²) in [7, 11) is 1.60. The predicted molar refractivity (Wildman–Crippen MR) is 70.2 cm³/mol. The summed E-state index contributed by atoms with van der Waals surface area (Å²) in [4.78, 5) is 8.39. The van der Waals surface area contributed by atoms with E-state index >= 15 is 0 Å². The third kappa shape index (κ3) is 3.33. The zero-order valence-corrected chi connectivity index (χ0v) is 10.9. The number of hydrogen-bond acceptors (Lipinski definition) is 5. The van der Waals surface area contributed by atoms with Crippen LogP contribution in [0.4, 0.5) is 0 Å². The minimum absolute atomic E-state index is 0.0933. The van der Waals surface area contributed by atoms with Gasteiger partial charge in [-0.1, -0.05) is 12.8 Å². The SMILES string of the molecule is COc1nccnc1C(N)CSC1CCCC1. The molecule has 1 atom stereocenters. The number of rotatable bonds is 5. The smallest absolute Gasteiger partial charge is 0.237 e. The van der Waals surface area contributed by atoms with Crippen LogP contribution in [0.25, 0.3) is 0 Å². The molecular formula is C12H19N3OS. The number of nitrogens with two attached hydrogens (primary N) is 1. The molecule has 1 unspecified atom stereocenters. The number of hydrogen-bond donors (Lipinski definition) is 1. The van der Waals surface area contributed by atoms with Crippen LogP contribution >= 0.6 is 11.8 Å². The number of nitrogens with zero attached hydrogens (tertiary/aromatic N) is 2. The van der Waals surface area contributed by atoms with Crippen molar-refractivity contribution in [1.82, 2.24) is 9.97 Å². The fourth-order valence-corrected chi connectivity index (χ4v) is 3.43. The average molecular weight is 253 g/mol. The van der Waals surface area contributed by atoms with Crippen LogP contribution in [0.1, 0.15) is 37.4 Å². The molecule has 5 heteroatoms. The highest BCUT2D eigenvalue weighted by Crippen LogP contribution is 2.32. The third-order valence-electron chi connectivity index (χ3n) is 3.05. The van der Waals surface area contributed by atoms with Crippen LogP contribution in [0.5, 0.6) is 5.88 Å². The van der Waals surface area contributed by atoms with Crippen LogP contribution in [0.15, 0.2) is 12.4 Å². The van der Waals surface area contributed by atoms with Gasteiger partial charge in [0.2, 0.25) is 5.88 Å². The monoisotopic (exact) mass is 253 g/mol. The maximum atomic E-state index is 6.15. The zero-order valence-electron chi connectivity index (χ0n) is 10.1. The molecule has 1 aromatic rings. The first-order chi connectivity index (χ1) is 8.31. The lowest BCUT2D eigenvalue weighted by Crippen LogP contribution is -2.17. The highest BCUT2D eigenvalue weighted by Gasteiger charge is 2.19. The molecule has 1 heterocycles. The van der Waals surface area contributed by atoms with Gasteiger partial charge < -0.3 is 10.5 Å². The molecule has 1 saturated carbocycles. The summed E-state index contributed by atoms with van der Waals surface area (Å²) in [6, 6.07) is -0.0933. The quantitative estimate of drug-likeness (QED) is 0.871. The number of aromatic nitrogens is 2. The van der Waals surface area contributed by atoms with Gasteiger partial charge in [0.1, 0.15) is 5.69 Å². The van der Waals surface area contributed by atoms with Gasteiger partial charge >= 0.3 is 0 Å². The first kappa shape index (κ1) is 12.6. The molecule has 17 heavy (non-hydrogen) atoms. The summed E-state index contributed by atoms with van der Waals surface area (Å²) in [5.74, 6) is 1.44. The van der Waals surface area contributed by atoms with Crippen molar-refractivity contribution in [2.24, 2.45) is 5.73 Å². The summed E-state index contributed by atoms with van der Waals surface area (Å²) in [6.07, 6.45) is 8.67. The van der Waals surface area contributed by atoms with E-state index in [9.17, 15) is 0 Å². The molecule has 1 fully saturated rings. The standard InChI is InChI=1S/C12H19N3OS/c1-16-12-11(14-6-7-15-12)10(13)8-17-9-4-2-3-5-9/h6-7,9-10H,2-5,8,13H2,1H3. The topological polar surface area (TPSA) is 61.0 Å². The van der Waals surface area contributed by atoms with Crippen LogP contribution in [-0.4, -0.2) is 28.1 Å². The summed E-state index contributed by atoms with van der Waals surface area (Å²) < 4.78 is 5.18. The van der Waals surface area contributed by atoms with E-state index in [0.29, 0.717) is 5.88 Å². The largest absolute Gasteiger partial charge is 0.480 e. The van der Waals surface area contributed by atoms with Gasteiger partial charge in [0.25, 0.3) is 0 Å². The molecule has 1 aliphatic carbocycles. The molecule has 0 aromatic carbocycles. The minimum Gasteiger partial charge on any atom is -0.480 e. The molecule has 4 nitrogen and oxygen atoms in total. The second-order valence-electron chi connectivity index (χ2n) is 4.30. The Hall–Kier alpha value is -0.810. The van der Waals surface area contributed by atoms with E-state index < -0.39 is 0 Å². The second kappa shape index (κ2) is 6.21. The van der Waals surface area contributed by atoms with Crippen LogP contribution in [0.3, 0.4) is 0 Å². The Morgan fingerprint density at radius 3 is 2.82 bits per heavy atom. The predicted octanol–water partition coefficient (Wildman–Crippen LogP) is 2.16. The molecule has 0 saturated heterocycles. The Kier molecular flexibility index (Phi) is 4.62. The summed E-state index contributed by atoms with van der Waals surface area (Å²) >= 11 is 1.96. The highest BCUT2D eigenvalue weighted by molar-refractivity contribution is 7.99. The lowest BCUT2D eigenvalue weighted by atomic mass is 10.2. The van der Waals surface area contributed by atoms with Gasteiger partial charge in [0.05, 0.1) is 13.2 Å². The lowest BCUT2D eigenvalue weighted by Gasteiger charge is -2.15. The van der Waals surface area contributed by atoms with Crippen LogP contribution < -0.4 is 10.5 Å². The Bertz CT molecular complexity index is 355. The van der Waals surface area contributed by atoms with Gasteiger partial charge in [-0.05, 0) is 12.8 Å². The average Bonchev–Trinajstić information content (AvgIpc) is 2.89. The number of thioether (sulfide) groups is 1. The molecule has 2 N–H and O–H groups in total. The van der Waals surface area contributed by atoms with Crippen molar-refractivity contribution in [3.8, 4) is 5.88 Å².